The average Bonchev–Trinajstić information content (AvgIpc) is 3.28. The molecule has 1 saturated heterocycles. The highest BCUT2D eigenvalue weighted by molar-refractivity contribution is 5.92. The Morgan fingerprint density at radius 2 is 1.72 bits per heavy atom. The molecule has 0 saturated carbocycles. The second-order valence-corrected chi connectivity index (χ2v) is 8.70. The van der Waals surface area contributed by atoms with Crippen molar-refractivity contribution in [3.8, 4) is 0 Å². The van der Waals surface area contributed by atoms with Crippen LogP contribution in [0.4, 0.5) is 11.4 Å². The van der Waals surface area contributed by atoms with Crippen molar-refractivity contribution in [1.29, 1.82) is 0 Å². The van der Waals surface area contributed by atoms with Crippen molar-refractivity contribution < 1.29 is 14.4 Å². The molecule has 1 aromatic rings. The van der Waals surface area contributed by atoms with Gasteiger partial charge in [0.25, 0.3) is 0 Å². The maximum Gasteiger partial charge on any atom is 0.226 e. The van der Waals surface area contributed by atoms with Crippen molar-refractivity contribution in [2.24, 2.45) is 0 Å². The van der Waals surface area contributed by atoms with E-state index in [0.29, 0.717) is 19.3 Å². The molecule has 1 aliphatic heterocycles. The molecule has 0 bridgehead atoms. The van der Waals surface area contributed by atoms with Gasteiger partial charge in [-0.2, -0.15) is 0 Å². The van der Waals surface area contributed by atoms with Crippen molar-refractivity contribution in [3.63, 3.8) is 0 Å². The van der Waals surface area contributed by atoms with Crippen LogP contribution >= 0.6 is 0 Å². The van der Waals surface area contributed by atoms with Gasteiger partial charge in [-0.1, -0.05) is 19.9 Å². The molecule has 178 valence electrons. The Balaban J connectivity index is 1.69. The zero-order valence-corrected chi connectivity index (χ0v) is 20.0. The van der Waals surface area contributed by atoms with Crippen LogP contribution < -0.4 is 15.5 Å². The first-order chi connectivity index (χ1) is 15.4. The van der Waals surface area contributed by atoms with E-state index >= 15 is 0 Å². The number of hydrogen-bond acceptors (Lipinski definition) is 4. The van der Waals surface area contributed by atoms with E-state index in [4.69, 9.17) is 0 Å². The number of nitrogens with zero attached hydrogens (tertiary/aromatic N) is 2. The van der Waals surface area contributed by atoms with Crippen LogP contribution in [0.25, 0.3) is 0 Å². The van der Waals surface area contributed by atoms with Crippen LogP contribution in [0.2, 0.25) is 0 Å². The Hall–Kier alpha value is -2.57. The molecule has 32 heavy (non-hydrogen) atoms. The highest BCUT2D eigenvalue weighted by Gasteiger charge is 2.16. The minimum Gasteiger partial charge on any atom is -0.371 e. The van der Waals surface area contributed by atoms with Crippen molar-refractivity contribution >= 4 is 29.1 Å². The predicted octanol–water partition coefficient (Wildman–Crippen LogP) is 3.94. The molecule has 1 heterocycles. The van der Waals surface area contributed by atoms with E-state index in [2.05, 4.69) is 35.4 Å². The largest absolute Gasteiger partial charge is 0.371 e. The number of carbonyl (C=O) groups is 3. The van der Waals surface area contributed by atoms with Gasteiger partial charge in [0.2, 0.25) is 17.7 Å². The van der Waals surface area contributed by atoms with E-state index in [9.17, 15) is 14.4 Å². The Kier molecular flexibility index (Phi) is 11.0. The van der Waals surface area contributed by atoms with Crippen molar-refractivity contribution in [3.05, 3.63) is 24.3 Å². The topological polar surface area (TPSA) is 81.8 Å². The van der Waals surface area contributed by atoms with E-state index in [1.807, 2.05) is 30.0 Å². The molecule has 0 spiro atoms. The number of amides is 3. The van der Waals surface area contributed by atoms with Crippen LogP contribution in [0.15, 0.2) is 24.3 Å². The Morgan fingerprint density at radius 3 is 2.38 bits per heavy atom. The number of rotatable bonds is 13. The Bertz CT molecular complexity index is 740. The molecular weight excluding hydrogens is 404 g/mol. The first-order valence-corrected chi connectivity index (χ1v) is 12.1. The van der Waals surface area contributed by atoms with Crippen molar-refractivity contribution in [2.75, 3.05) is 36.4 Å². The van der Waals surface area contributed by atoms with Gasteiger partial charge in [0, 0.05) is 62.9 Å². The van der Waals surface area contributed by atoms with Gasteiger partial charge in [-0.25, -0.2) is 0 Å². The summed E-state index contributed by atoms with van der Waals surface area (Å²) < 4.78 is 0. The molecule has 1 aromatic carbocycles. The van der Waals surface area contributed by atoms with E-state index < -0.39 is 0 Å². The molecule has 3 amide bonds. The number of hydrogen-bond donors (Lipinski definition) is 2. The predicted molar refractivity (Wildman–Crippen MR) is 130 cm³/mol. The van der Waals surface area contributed by atoms with E-state index in [-0.39, 0.29) is 30.2 Å². The maximum atomic E-state index is 12.4. The van der Waals surface area contributed by atoms with Crippen LogP contribution in [-0.4, -0.2) is 54.8 Å². The van der Waals surface area contributed by atoms with Crippen molar-refractivity contribution in [1.82, 2.24) is 10.2 Å². The minimum atomic E-state index is -0.267. The monoisotopic (exact) mass is 444 g/mol. The number of benzene rings is 1. The van der Waals surface area contributed by atoms with Gasteiger partial charge >= 0.3 is 0 Å². The molecular formula is C25H40N4O3. The summed E-state index contributed by atoms with van der Waals surface area (Å²) >= 11 is 0. The Labute approximate surface area is 192 Å². The third-order valence-corrected chi connectivity index (χ3v) is 5.63. The summed E-state index contributed by atoms with van der Waals surface area (Å²) in [6.07, 6.45) is 5.70. The molecule has 1 unspecified atom stereocenters. The second kappa shape index (κ2) is 13.8. The number of carbonyl (C=O) groups excluding carboxylic acids is 3. The van der Waals surface area contributed by atoms with Crippen LogP contribution in [0.1, 0.15) is 72.1 Å². The lowest BCUT2D eigenvalue weighted by atomic mass is 10.1. The summed E-state index contributed by atoms with van der Waals surface area (Å²) in [5, 5.41) is 5.81. The molecule has 1 atom stereocenters. The van der Waals surface area contributed by atoms with Gasteiger partial charge in [-0.05, 0) is 57.2 Å². The van der Waals surface area contributed by atoms with Crippen LogP contribution in [0, 0.1) is 0 Å². The fourth-order valence-corrected chi connectivity index (χ4v) is 4.10. The highest BCUT2D eigenvalue weighted by atomic mass is 16.2. The van der Waals surface area contributed by atoms with E-state index in [1.165, 1.54) is 12.8 Å². The molecule has 2 rings (SSSR count). The maximum absolute atomic E-state index is 12.4. The van der Waals surface area contributed by atoms with Gasteiger partial charge in [-0.3, -0.25) is 14.4 Å². The molecule has 1 aliphatic rings. The lowest BCUT2D eigenvalue weighted by molar-refractivity contribution is -0.131. The average molecular weight is 445 g/mol. The minimum absolute atomic E-state index is 0.116. The van der Waals surface area contributed by atoms with Crippen LogP contribution in [-0.2, 0) is 14.4 Å². The van der Waals surface area contributed by atoms with Gasteiger partial charge in [-0.15, -0.1) is 0 Å². The summed E-state index contributed by atoms with van der Waals surface area (Å²) in [4.78, 5) is 41.1. The zero-order chi connectivity index (χ0) is 23.3. The van der Waals surface area contributed by atoms with Gasteiger partial charge in [0.05, 0.1) is 0 Å². The summed E-state index contributed by atoms with van der Waals surface area (Å²) in [7, 11) is 0. The lowest BCUT2D eigenvalue weighted by Gasteiger charge is -2.21. The summed E-state index contributed by atoms with van der Waals surface area (Å²) in [5.74, 6) is -0.127. The second-order valence-electron chi connectivity index (χ2n) is 8.70. The molecule has 0 radical (unpaired) electrons. The van der Waals surface area contributed by atoms with Crippen LogP contribution in [0.3, 0.4) is 0 Å². The van der Waals surface area contributed by atoms with Gasteiger partial charge in [0.1, 0.15) is 0 Å². The number of nitrogens with one attached hydrogen (secondary N) is 2. The lowest BCUT2D eigenvalue weighted by Crippen LogP contribution is -2.36. The molecule has 2 N–H and O–H groups in total. The first-order valence-electron chi connectivity index (χ1n) is 12.1. The molecule has 7 heteroatoms. The standard InChI is InChI=1S/C25H40N4O3/c1-4-14-29(15-5-2)25(32)13-9-12-23(30)26-20(3)18-24(31)27-21-10-8-11-22(19-21)28-16-6-7-17-28/h8,10-11,19-20H,4-7,9,12-18H2,1-3H3,(H,26,30)(H,27,31). The van der Waals surface area contributed by atoms with Gasteiger partial charge < -0.3 is 20.4 Å². The molecule has 7 nitrogen and oxygen atoms in total. The third kappa shape index (κ3) is 8.89. The van der Waals surface area contributed by atoms with E-state index in [1.54, 1.807) is 0 Å². The Morgan fingerprint density at radius 1 is 1.03 bits per heavy atom. The molecule has 0 aromatic heterocycles. The fraction of sp³-hybridized carbons (Fsp3) is 0.640. The van der Waals surface area contributed by atoms with Gasteiger partial charge in [0.15, 0.2) is 0 Å². The summed E-state index contributed by atoms with van der Waals surface area (Å²) in [6, 6.07) is 7.65. The number of anilines is 2. The fourth-order valence-electron chi connectivity index (χ4n) is 4.10. The summed E-state index contributed by atoms with van der Waals surface area (Å²) in [6.45, 7) is 9.60. The molecule has 1 fully saturated rings. The zero-order valence-electron chi connectivity index (χ0n) is 20.0. The SMILES string of the molecule is CCCN(CCC)C(=O)CCCC(=O)NC(C)CC(=O)Nc1cccc(N2CCCC2)c1. The third-order valence-electron chi connectivity index (χ3n) is 5.63. The van der Waals surface area contributed by atoms with Crippen LogP contribution in [0.5, 0.6) is 0 Å². The summed E-state index contributed by atoms with van der Waals surface area (Å²) in [5.41, 5.74) is 1.91. The quantitative estimate of drug-likeness (QED) is 0.483. The van der Waals surface area contributed by atoms with E-state index in [0.717, 1.165) is 50.4 Å². The smallest absolute Gasteiger partial charge is 0.226 e. The highest BCUT2D eigenvalue weighted by Crippen LogP contribution is 2.23. The first kappa shape index (κ1) is 25.7. The molecule has 0 aliphatic carbocycles. The normalized spacial score (nSPS) is 14.2. The van der Waals surface area contributed by atoms with Crippen molar-refractivity contribution in [2.45, 2.75) is 78.2 Å².